The van der Waals surface area contributed by atoms with Crippen LogP contribution in [0.25, 0.3) is 22.7 Å². The molecule has 214 valence electrons. The quantitative estimate of drug-likeness (QED) is 0.269. The number of nitrogens with one attached hydrogen (secondary N) is 1. The molecule has 2 aliphatic heterocycles. The summed E-state index contributed by atoms with van der Waals surface area (Å²) in [5.41, 5.74) is 3.07. The van der Waals surface area contributed by atoms with Gasteiger partial charge in [-0.3, -0.25) is 0 Å². The number of nitrogens with zero attached hydrogens (tertiary/aromatic N) is 3. The Morgan fingerprint density at radius 3 is 2.39 bits per heavy atom. The zero-order chi connectivity index (χ0) is 28.1. The Balaban J connectivity index is 1.07. The van der Waals surface area contributed by atoms with Crippen LogP contribution in [0, 0.1) is 0 Å². The van der Waals surface area contributed by atoms with Crippen molar-refractivity contribution in [1.82, 2.24) is 15.4 Å². The van der Waals surface area contributed by atoms with Crippen LogP contribution in [-0.4, -0.2) is 39.9 Å². The SMILES string of the molecule is O=c1[nH]nc(-c2ccc(N3[C@@H]4CC[C@H]3C[C@@H](OCc3c(-c5ccccc5OC(F)(F)F)noc3C3CC3)C4)cc2)o1. The van der Waals surface area contributed by atoms with Crippen molar-refractivity contribution < 1.29 is 31.6 Å². The van der Waals surface area contributed by atoms with Gasteiger partial charge in [0.15, 0.2) is 0 Å². The molecule has 0 amide bonds. The number of hydrogen-bond acceptors (Lipinski definition) is 8. The van der Waals surface area contributed by atoms with E-state index in [2.05, 4.69) is 25.0 Å². The molecule has 9 nitrogen and oxygen atoms in total. The standard InChI is InChI=1S/C29H27F3N4O5/c30-29(31,32)40-24-4-2-1-3-22(24)25-23(26(41-35-25)16-5-6-16)15-38-21-13-19-11-12-20(14-21)36(19)18-9-7-17(8-10-18)27-33-34-28(37)39-27/h1-4,7-10,16,19-21H,5-6,11-15H2,(H,34,37)/t19-,20+,21+. The number of anilines is 1. The van der Waals surface area contributed by atoms with Gasteiger partial charge >= 0.3 is 12.1 Å². The molecule has 4 aromatic rings. The van der Waals surface area contributed by atoms with Gasteiger partial charge in [0.25, 0.3) is 0 Å². The van der Waals surface area contributed by atoms with Crippen molar-refractivity contribution in [2.24, 2.45) is 0 Å². The molecular weight excluding hydrogens is 541 g/mol. The van der Waals surface area contributed by atoms with Crippen molar-refractivity contribution >= 4 is 5.69 Å². The second kappa shape index (κ2) is 10.1. The van der Waals surface area contributed by atoms with Gasteiger partial charge in [-0.1, -0.05) is 17.3 Å². The average molecular weight is 569 g/mol. The van der Waals surface area contributed by atoms with E-state index in [0.29, 0.717) is 29.1 Å². The van der Waals surface area contributed by atoms with Gasteiger partial charge in [0.1, 0.15) is 17.2 Å². The number of alkyl halides is 3. The minimum atomic E-state index is -4.82. The molecule has 4 heterocycles. The summed E-state index contributed by atoms with van der Waals surface area (Å²) in [6.07, 6.45) is 0.851. The number of H-pyrrole nitrogens is 1. The maximum atomic E-state index is 13.1. The number of rotatable bonds is 8. The maximum absolute atomic E-state index is 13.1. The molecule has 2 aromatic carbocycles. The monoisotopic (exact) mass is 568 g/mol. The van der Waals surface area contributed by atoms with Gasteiger partial charge in [-0.2, -0.15) is 0 Å². The first-order valence-corrected chi connectivity index (χ1v) is 13.7. The van der Waals surface area contributed by atoms with Crippen molar-refractivity contribution in [3.8, 4) is 28.5 Å². The number of fused-ring (bicyclic) bond motifs is 2. The summed E-state index contributed by atoms with van der Waals surface area (Å²) < 4.78 is 60.7. The summed E-state index contributed by atoms with van der Waals surface area (Å²) in [5, 5.41) is 10.3. The average Bonchev–Trinajstić information content (AvgIpc) is 3.46. The van der Waals surface area contributed by atoms with Crippen LogP contribution in [0.2, 0.25) is 0 Å². The van der Waals surface area contributed by atoms with Crippen LogP contribution in [-0.2, 0) is 11.3 Å². The third kappa shape index (κ3) is 5.23. The third-order valence-corrected chi connectivity index (χ3v) is 8.14. The van der Waals surface area contributed by atoms with E-state index in [-0.39, 0.29) is 35.8 Å². The first-order chi connectivity index (χ1) is 19.8. The molecule has 0 radical (unpaired) electrons. The van der Waals surface area contributed by atoms with E-state index in [1.807, 2.05) is 24.3 Å². The number of hydrogen-bond donors (Lipinski definition) is 1. The third-order valence-electron chi connectivity index (χ3n) is 8.14. The fourth-order valence-electron chi connectivity index (χ4n) is 6.23. The molecule has 1 N–H and O–H groups in total. The van der Waals surface area contributed by atoms with Crippen molar-refractivity contribution in [2.45, 2.75) is 75.6 Å². The minimum absolute atomic E-state index is 0.00201. The molecule has 7 rings (SSSR count). The van der Waals surface area contributed by atoms with E-state index in [1.165, 1.54) is 12.1 Å². The summed E-state index contributed by atoms with van der Waals surface area (Å²) in [6, 6.07) is 14.4. The number of aromatic amines is 1. The normalized spacial score (nSPS) is 22.3. The van der Waals surface area contributed by atoms with Gasteiger partial charge in [0, 0.05) is 40.4 Å². The Morgan fingerprint density at radius 2 is 1.73 bits per heavy atom. The molecule has 3 aliphatic rings. The van der Waals surface area contributed by atoms with E-state index in [1.54, 1.807) is 12.1 Å². The van der Waals surface area contributed by atoms with E-state index in [4.69, 9.17) is 13.7 Å². The zero-order valence-electron chi connectivity index (χ0n) is 21.9. The van der Waals surface area contributed by atoms with E-state index in [9.17, 15) is 18.0 Å². The second-order valence-electron chi connectivity index (χ2n) is 10.9. The molecule has 1 saturated carbocycles. The number of halogens is 3. The van der Waals surface area contributed by atoms with Crippen molar-refractivity contribution in [3.63, 3.8) is 0 Å². The maximum Gasteiger partial charge on any atom is 0.573 e. The lowest BCUT2D eigenvalue weighted by molar-refractivity contribution is -0.274. The lowest BCUT2D eigenvalue weighted by Gasteiger charge is -2.40. The smallest absolute Gasteiger partial charge is 0.405 e. The first-order valence-electron chi connectivity index (χ1n) is 13.7. The number of para-hydroxylation sites is 1. The molecule has 1 aliphatic carbocycles. The van der Waals surface area contributed by atoms with Crippen LogP contribution in [0.1, 0.15) is 55.8 Å². The molecule has 2 bridgehead atoms. The minimum Gasteiger partial charge on any atom is -0.405 e. The molecule has 0 spiro atoms. The van der Waals surface area contributed by atoms with Crippen molar-refractivity contribution in [1.29, 1.82) is 0 Å². The zero-order valence-corrected chi connectivity index (χ0v) is 21.9. The van der Waals surface area contributed by atoms with Gasteiger partial charge in [0.05, 0.1) is 12.7 Å². The van der Waals surface area contributed by atoms with Gasteiger partial charge in [-0.25, -0.2) is 9.89 Å². The van der Waals surface area contributed by atoms with Crippen LogP contribution in [0.3, 0.4) is 0 Å². The fourth-order valence-corrected chi connectivity index (χ4v) is 6.23. The van der Waals surface area contributed by atoms with E-state index in [0.717, 1.165) is 49.8 Å². The van der Waals surface area contributed by atoms with Crippen LogP contribution in [0.15, 0.2) is 62.3 Å². The van der Waals surface area contributed by atoms with E-state index < -0.39 is 12.1 Å². The van der Waals surface area contributed by atoms with Crippen LogP contribution in [0.5, 0.6) is 5.75 Å². The van der Waals surface area contributed by atoms with E-state index >= 15 is 0 Å². The molecule has 2 saturated heterocycles. The summed E-state index contributed by atoms with van der Waals surface area (Å²) in [7, 11) is 0. The Kier molecular flexibility index (Phi) is 6.37. The lowest BCUT2D eigenvalue weighted by atomic mass is 9.98. The largest absolute Gasteiger partial charge is 0.573 e. The summed E-state index contributed by atoms with van der Waals surface area (Å²) in [6.45, 7) is 0.207. The fraction of sp³-hybridized carbons (Fsp3) is 0.414. The van der Waals surface area contributed by atoms with Gasteiger partial charge in [0.2, 0.25) is 5.89 Å². The van der Waals surface area contributed by atoms with Crippen molar-refractivity contribution in [3.05, 3.63) is 70.4 Å². The number of benzene rings is 2. The first kappa shape index (κ1) is 25.9. The summed E-state index contributed by atoms with van der Waals surface area (Å²) in [5.74, 6) is 0.244. The summed E-state index contributed by atoms with van der Waals surface area (Å²) >= 11 is 0. The van der Waals surface area contributed by atoms with Gasteiger partial charge in [-0.05, 0) is 74.9 Å². The Labute approximate surface area is 232 Å². The highest BCUT2D eigenvalue weighted by Gasteiger charge is 2.42. The summed E-state index contributed by atoms with van der Waals surface area (Å²) in [4.78, 5) is 13.7. The topological polar surface area (TPSA) is 107 Å². The molecular formula is C29H27F3N4O5. The highest BCUT2D eigenvalue weighted by molar-refractivity contribution is 5.70. The molecule has 2 aromatic heterocycles. The highest BCUT2D eigenvalue weighted by Crippen LogP contribution is 2.46. The van der Waals surface area contributed by atoms with Crippen LogP contribution in [0.4, 0.5) is 18.9 Å². The lowest BCUT2D eigenvalue weighted by Crippen LogP contribution is -2.45. The molecule has 12 heteroatoms. The predicted molar refractivity (Wildman–Crippen MR) is 140 cm³/mol. The second-order valence-corrected chi connectivity index (χ2v) is 10.9. The Hall–Kier alpha value is -4.06. The number of aromatic nitrogens is 3. The molecule has 0 unspecified atom stereocenters. The van der Waals surface area contributed by atoms with Gasteiger partial charge in [-0.15, -0.1) is 18.3 Å². The number of ether oxygens (including phenoxy) is 2. The molecule has 3 atom stereocenters. The molecule has 3 fully saturated rings. The Morgan fingerprint density at radius 1 is 1.00 bits per heavy atom. The number of piperidine rings is 1. The van der Waals surface area contributed by atoms with Crippen LogP contribution < -0.4 is 15.4 Å². The predicted octanol–water partition coefficient (Wildman–Crippen LogP) is 6.18. The molecule has 41 heavy (non-hydrogen) atoms. The van der Waals surface area contributed by atoms with Gasteiger partial charge < -0.3 is 23.3 Å². The van der Waals surface area contributed by atoms with Crippen molar-refractivity contribution in [2.75, 3.05) is 4.90 Å². The highest BCUT2D eigenvalue weighted by atomic mass is 19.4. The Bertz CT molecular complexity index is 1580. The van der Waals surface area contributed by atoms with Crippen LogP contribution >= 0.6 is 0 Å².